The highest BCUT2D eigenvalue weighted by Gasteiger charge is 2.50. The maximum absolute atomic E-state index is 13.1. The van der Waals surface area contributed by atoms with Gasteiger partial charge >= 0.3 is 6.18 Å². The van der Waals surface area contributed by atoms with E-state index in [1.54, 1.807) is 0 Å². The Morgan fingerprint density at radius 3 is 2.42 bits per heavy atom. The molecule has 7 N–H and O–H groups in total. The molecule has 0 spiro atoms. The molecule has 24 heavy (non-hydrogen) atoms. The van der Waals surface area contributed by atoms with E-state index in [0.29, 0.717) is 17.6 Å². The number of benzene rings is 1. The standard InChI is InChI=1S/C16H20F3N5/c1-14(20)13(15(17,18)19)7-22-16(21,24-14)8-2-3-9-10(6-8)12-5-4-11(9)23-12/h2-3,6-7,11-12,22-24H,4-5,20-21H2,1H3. The van der Waals surface area contributed by atoms with Gasteiger partial charge in [-0.3, -0.25) is 11.1 Å². The summed E-state index contributed by atoms with van der Waals surface area (Å²) < 4.78 is 39.3. The number of alkyl halides is 3. The van der Waals surface area contributed by atoms with Crippen LogP contribution in [0.15, 0.2) is 30.0 Å². The number of halogens is 3. The first-order chi connectivity index (χ1) is 11.1. The van der Waals surface area contributed by atoms with Gasteiger partial charge in [-0.05, 0) is 37.0 Å². The van der Waals surface area contributed by atoms with Crippen molar-refractivity contribution in [2.24, 2.45) is 11.5 Å². The minimum Gasteiger partial charge on any atom is -0.357 e. The van der Waals surface area contributed by atoms with Crippen LogP contribution in [0.25, 0.3) is 0 Å². The van der Waals surface area contributed by atoms with Gasteiger partial charge in [-0.1, -0.05) is 12.1 Å². The molecule has 3 aliphatic rings. The van der Waals surface area contributed by atoms with Crippen LogP contribution in [-0.2, 0) is 5.79 Å². The first kappa shape index (κ1) is 15.9. The first-order valence-corrected chi connectivity index (χ1v) is 7.93. The van der Waals surface area contributed by atoms with E-state index >= 15 is 0 Å². The molecule has 3 aliphatic heterocycles. The molecular weight excluding hydrogens is 319 g/mol. The summed E-state index contributed by atoms with van der Waals surface area (Å²) in [5, 5.41) is 8.87. The van der Waals surface area contributed by atoms with Crippen LogP contribution in [-0.4, -0.2) is 11.8 Å². The van der Waals surface area contributed by atoms with Gasteiger partial charge in [0.25, 0.3) is 0 Å². The third-order valence-corrected chi connectivity index (χ3v) is 5.21. The summed E-state index contributed by atoms with van der Waals surface area (Å²) in [6.45, 7) is 1.27. The van der Waals surface area contributed by atoms with Crippen LogP contribution in [0.1, 0.15) is 48.5 Å². The van der Waals surface area contributed by atoms with Crippen molar-refractivity contribution < 1.29 is 13.2 Å². The minimum absolute atomic E-state index is 0.294. The lowest BCUT2D eigenvalue weighted by Gasteiger charge is -2.45. The molecule has 3 heterocycles. The summed E-state index contributed by atoms with van der Waals surface area (Å²) in [5.41, 5.74) is 12.6. The Labute approximate surface area is 137 Å². The van der Waals surface area contributed by atoms with E-state index in [2.05, 4.69) is 16.0 Å². The van der Waals surface area contributed by atoms with Crippen molar-refractivity contribution in [1.82, 2.24) is 16.0 Å². The zero-order valence-electron chi connectivity index (χ0n) is 13.2. The number of nitrogens with one attached hydrogen (secondary N) is 3. The van der Waals surface area contributed by atoms with Gasteiger partial charge in [0.2, 0.25) is 0 Å². The van der Waals surface area contributed by atoms with E-state index < -0.39 is 23.2 Å². The van der Waals surface area contributed by atoms with Crippen LogP contribution in [0.3, 0.4) is 0 Å². The molecule has 5 nitrogen and oxygen atoms in total. The highest BCUT2D eigenvalue weighted by Crippen LogP contribution is 2.45. The summed E-state index contributed by atoms with van der Waals surface area (Å²) in [4.78, 5) is 0. The second-order valence-corrected chi connectivity index (χ2v) is 7.03. The number of rotatable bonds is 1. The second-order valence-electron chi connectivity index (χ2n) is 7.03. The van der Waals surface area contributed by atoms with Crippen molar-refractivity contribution in [2.45, 2.75) is 49.5 Å². The van der Waals surface area contributed by atoms with E-state index in [1.807, 2.05) is 18.2 Å². The van der Waals surface area contributed by atoms with Crippen molar-refractivity contribution in [2.75, 3.05) is 0 Å². The molecule has 1 aromatic rings. The maximum atomic E-state index is 13.1. The fraction of sp³-hybridized carbons (Fsp3) is 0.500. The highest BCUT2D eigenvalue weighted by molar-refractivity contribution is 5.45. The lowest BCUT2D eigenvalue weighted by molar-refractivity contribution is -0.106. The topological polar surface area (TPSA) is 88.1 Å². The molecule has 0 saturated carbocycles. The van der Waals surface area contributed by atoms with E-state index in [4.69, 9.17) is 11.5 Å². The van der Waals surface area contributed by atoms with E-state index in [-0.39, 0.29) is 0 Å². The zero-order valence-corrected chi connectivity index (χ0v) is 13.2. The van der Waals surface area contributed by atoms with Crippen molar-refractivity contribution in [3.8, 4) is 0 Å². The number of hydrogen-bond acceptors (Lipinski definition) is 5. The quantitative estimate of drug-likeness (QED) is 0.536. The van der Waals surface area contributed by atoms with Crippen molar-refractivity contribution in [3.63, 3.8) is 0 Å². The summed E-state index contributed by atoms with van der Waals surface area (Å²) in [6.07, 6.45) is -1.49. The summed E-state index contributed by atoms with van der Waals surface area (Å²) >= 11 is 0. The molecule has 0 aromatic heterocycles. The molecule has 1 saturated heterocycles. The lowest BCUT2D eigenvalue weighted by atomic mass is 9.88. The van der Waals surface area contributed by atoms with Gasteiger partial charge < -0.3 is 16.4 Å². The van der Waals surface area contributed by atoms with Crippen LogP contribution >= 0.6 is 0 Å². The smallest absolute Gasteiger partial charge is 0.357 e. The van der Waals surface area contributed by atoms with Gasteiger partial charge in [0, 0.05) is 23.8 Å². The monoisotopic (exact) mass is 339 g/mol. The van der Waals surface area contributed by atoms with Crippen molar-refractivity contribution >= 4 is 0 Å². The van der Waals surface area contributed by atoms with Gasteiger partial charge in [-0.25, -0.2) is 0 Å². The molecule has 130 valence electrons. The van der Waals surface area contributed by atoms with Gasteiger partial charge in [0.1, 0.15) is 0 Å². The molecule has 1 aromatic carbocycles. The van der Waals surface area contributed by atoms with Gasteiger partial charge in [-0.2, -0.15) is 13.2 Å². The fourth-order valence-electron chi connectivity index (χ4n) is 4.05. The fourth-order valence-corrected chi connectivity index (χ4v) is 4.05. The van der Waals surface area contributed by atoms with E-state index in [9.17, 15) is 13.2 Å². The molecule has 0 radical (unpaired) electrons. The Morgan fingerprint density at radius 1 is 1.12 bits per heavy atom. The minimum atomic E-state index is -4.54. The van der Waals surface area contributed by atoms with Crippen LogP contribution in [0.2, 0.25) is 0 Å². The molecule has 0 amide bonds. The number of fused-ring (bicyclic) bond motifs is 5. The Kier molecular flexibility index (Phi) is 3.13. The highest BCUT2D eigenvalue weighted by atomic mass is 19.4. The Morgan fingerprint density at radius 2 is 1.79 bits per heavy atom. The summed E-state index contributed by atoms with van der Waals surface area (Å²) in [5.74, 6) is -1.37. The van der Waals surface area contributed by atoms with Gasteiger partial charge in [0.05, 0.1) is 11.2 Å². The largest absolute Gasteiger partial charge is 0.417 e. The normalized spacial score (nSPS) is 37.8. The molecule has 4 atom stereocenters. The van der Waals surface area contributed by atoms with E-state index in [0.717, 1.165) is 19.0 Å². The molecule has 0 aliphatic carbocycles. The molecule has 1 fully saturated rings. The Hall–Kier alpha value is -1.61. The molecular formula is C16H20F3N5. The molecule has 8 heteroatoms. The third-order valence-electron chi connectivity index (χ3n) is 5.21. The molecule has 4 unspecified atom stereocenters. The lowest BCUT2D eigenvalue weighted by Crippen LogP contribution is -2.73. The first-order valence-electron chi connectivity index (χ1n) is 7.93. The second kappa shape index (κ2) is 4.72. The average Bonchev–Trinajstić information content (AvgIpc) is 3.06. The predicted octanol–water partition coefficient (Wildman–Crippen LogP) is 1.55. The van der Waals surface area contributed by atoms with Crippen LogP contribution < -0.4 is 27.4 Å². The van der Waals surface area contributed by atoms with Crippen LogP contribution in [0, 0.1) is 0 Å². The molecule has 2 bridgehead atoms. The van der Waals surface area contributed by atoms with Crippen molar-refractivity contribution in [3.05, 3.63) is 46.7 Å². The Bertz CT molecular complexity index is 727. The SMILES string of the molecule is CC1(N)NC(N)(c2ccc3c(c2)C2CCC3N2)NC=C1C(F)(F)F. The number of nitrogens with two attached hydrogens (primary N) is 2. The van der Waals surface area contributed by atoms with Crippen molar-refractivity contribution in [1.29, 1.82) is 0 Å². The average molecular weight is 339 g/mol. The Balaban J connectivity index is 1.71. The summed E-state index contributed by atoms with van der Waals surface area (Å²) in [6, 6.07) is 6.45. The van der Waals surface area contributed by atoms with Gasteiger partial charge in [0.15, 0.2) is 5.79 Å². The number of hydrogen-bond donors (Lipinski definition) is 5. The maximum Gasteiger partial charge on any atom is 0.417 e. The van der Waals surface area contributed by atoms with E-state index in [1.165, 1.54) is 18.1 Å². The molecule has 4 rings (SSSR count). The third kappa shape index (κ3) is 2.25. The predicted molar refractivity (Wildman–Crippen MR) is 83.2 cm³/mol. The zero-order chi connectivity index (χ0) is 17.3. The summed E-state index contributed by atoms with van der Waals surface area (Å²) in [7, 11) is 0. The van der Waals surface area contributed by atoms with Crippen LogP contribution in [0.4, 0.5) is 13.2 Å². The van der Waals surface area contributed by atoms with Crippen LogP contribution in [0.5, 0.6) is 0 Å². The van der Waals surface area contributed by atoms with Gasteiger partial charge in [-0.15, -0.1) is 0 Å².